The molecule has 0 bridgehead atoms. The Labute approximate surface area is 108 Å². The molecule has 0 aromatic carbocycles. The number of hydrogen-bond donors (Lipinski definition) is 1. The summed E-state index contributed by atoms with van der Waals surface area (Å²) in [5, 5.41) is 3.25. The molecule has 1 atom stereocenters. The first-order valence-electron chi connectivity index (χ1n) is 7.30. The lowest BCUT2D eigenvalue weighted by Gasteiger charge is -2.27. The molecule has 2 amide bonds. The molecule has 1 aliphatic carbocycles. The lowest BCUT2D eigenvalue weighted by molar-refractivity contribution is -0.144. The quantitative estimate of drug-likeness (QED) is 0.717. The molecule has 18 heavy (non-hydrogen) atoms. The van der Waals surface area contributed by atoms with Crippen LogP contribution < -0.4 is 5.32 Å². The largest absolute Gasteiger partial charge is 0.315 e. The van der Waals surface area contributed by atoms with Crippen molar-refractivity contribution >= 4 is 11.8 Å². The van der Waals surface area contributed by atoms with Crippen LogP contribution in [-0.2, 0) is 9.59 Å². The van der Waals surface area contributed by atoms with Gasteiger partial charge in [0.05, 0.1) is 11.5 Å². The highest BCUT2D eigenvalue weighted by molar-refractivity contribution is 6.06. The number of carbonyl (C=O) groups excluding carboxylic acids is 2. The summed E-state index contributed by atoms with van der Waals surface area (Å²) in [6.07, 6.45) is 7.90. The number of nitrogens with one attached hydrogen (secondary N) is 1. The van der Waals surface area contributed by atoms with Gasteiger partial charge in [0.25, 0.3) is 0 Å². The van der Waals surface area contributed by atoms with Gasteiger partial charge in [0.15, 0.2) is 0 Å². The Morgan fingerprint density at radius 1 is 1.11 bits per heavy atom. The van der Waals surface area contributed by atoms with E-state index in [1.807, 2.05) is 0 Å². The summed E-state index contributed by atoms with van der Waals surface area (Å²) in [5.74, 6) is 0.221. The van der Waals surface area contributed by atoms with Crippen LogP contribution in [0.1, 0.15) is 51.4 Å². The molecule has 1 N–H and O–H groups in total. The highest BCUT2D eigenvalue weighted by Gasteiger charge is 2.52. The average Bonchev–Trinajstić information content (AvgIpc) is 2.84. The van der Waals surface area contributed by atoms with Crippen LogP contribution in [0.4, 0.5) is 0 Å². The minimum atomic E-state index is -0.323. The summed E-state index contributed by atoms with van der Waals surface area (Å²) in [4.78, 5) is 26.5. The molecule has 3 fully saturated rings. The van der Waals surface area contributed by atoms with E-state index in [1.165, 1.54) is 12.8 Å². The third-order valence-electron chi connectivity index (χ3n) is 4.89. The van der Waals surface area contributed by atoms with Crippen molar-refractivity contribution in [2.24, 2.45) is 5.41 Å². The van der Waals surface area contributed by atoms with Gasteiger partial charge in [-0.2, -0.15) is 0 Å². The molecule has 4 heteroatoms. The summed E-state index contributed by atoms with van der Waals surface area (Å²) >= 11 is 0. The molecule has 2 saturated heterocycles. The number of nitrogens with zero attached hydrogens (tertiary/aromatic N) is 1. The van der Waals surface area contributed by atoms with Crippen molar-refractivity contribution in [1.82, 2.24) is 10.2 Å². The zero-order valence-corrected chi connectivity index (χ0v) is 10.9. The highest BCUT2D eigenvalue weighted by atomic mass is 16.2. The van der Waals surface area contributed by atoms with E-state index < -0.39 is 0 Å². The van der Waals surface area contributed by atoms with Crippen molar-refractivity contribution in [3.8, 4) is 0 Å². The molecule has 0 radical (unpaired) electrons. The Kier molecular flexibility index (Phi) is 3.14. The first-order valence-corrected chi connectivity index (χ1v) is 7.30. The van der Waals surface area contributed by atoms with E-state index in [4.69, 9.17) is 0 Å². The molecule has 1 unspecified atom stereocenters. The van der Waals surface area contributed by atoms with Gasteiger partial charge in [-0.1, -0.05) is 25.7 Å². The Hall–Kier alpha value is -0.900. The molecular formula is C14H22N2O2. The monoisotopic (exact) mass is 250 g/mol. The van der Waals surface area contributed by atoms with E-state index >= 15 is 0 Å². The molecule has 3 rings (SSSR count). The van der Waals surface area contributed by atoms with Gasteiger partial charge >= 0.3 is 0 Å². The van der Waals surface area contributed by atoms with E-state index in [-0.39, 0.29) is 23.3 Å². The van der Waals surface area contributed by atoms with Gasteiger partial charge in [-0.05, 0) is 25.8 Å². The maximum Gasteiger partial charge on any atom is 0.236 e. The lowest BCUT2D eigenvalue weighted by atomic mass is 9.79. The molecule has 0 aromatic heterocycles. The van der Waals surface area contributed by atoms with E-state index in [0.717, 1.165) is 45.2 Å². The maximum atomic E-state index is 12.7. The first kappa shape index (κ1) is 12.2. The van der Waals surface area contributed by atoms with Crippen LogP contribution >= 0.6 is 0 Å². The van der Waals surface area contributed by atoms with Gasteiger partial charge in [0, 0.05) is 13.0 Å². The molecule has 0 aromatic rings. The predicted molar refractivity (Wildman–Crippen MR) is 67.9 cm³/mol. The minimum absolute atomic E-state index is 0.0793. The summed E-state index contributed by atoms with van der Waals surface area (Å²) in [6, 6.07) is 0.118. The zero-order valence-electron chi connectivity index (χ0n) is 10.9. The number of hydrogen-bond acceptors (Lipinski definition) is 3. The van der Waals surface area contributed by atoms with Crippen LogP contribution in [-0.4, -0.2) is 35.8 Å². The Balaban J connectivity index is 1.82. The van der Waals surface area contributed by atoms with E-state index in [9.17, 15) is 9.59 Å². The third-order valence-corrected chi connectivity index (χ3v) is 4.89. The van der Waals surface area contributed by atoms with Gasteiger partial charge in [-0.3, -0.25) is 14.5 Å². The fourth-order valence-electron chi connectivity index (χ4n) is 3.84. The Morgan fingerprint density at radius 3 is 2.44 bits per heavy atom. The van der Waals surface area contributed by atoms with Crippen LogP contribution in [0.2, 0.25) is 0 Å². The van der Waals surface area contributed by atoms with Crippen LogP contribution in [0, 0.1) is 5.41 Å². The number of imide groups is 1. The lowest BCUT2D eigenvalue weighted by Crippen LogP contribution is -2.43. The van der Waals surface area contributed by atoms with Crippen LogP contribution in [0.5, 0.6) is 0 Å². The van der Waals surface area contributed by atoms with Crippen LogP contribution in [0.25, 0.3) is 0 Å². The molecule has 3 aliphatic rings. The Bertz CT molecular complexity index is 353. The molecule has 2 aliphatic heterocycles. The SMILES string of the molecule is O=C1CC2(CCCCCC2)C(=O)N1C1CCNC1. The average molecular weight is 250 g/mol. The summed E-state index contributed by atoms with van der Waals surface area (Å²) < 4.78 is 0. The van der Waals surface area contributed by atoms with Crippen molar-refractivity contribution in [2.45, 2.75) is 57.4 Å². The number of likely N-dealkylation sites (tertiary alicyclic amines) is 1. The predicted octanol–water partition coefficient (Wildman–Crippen LogP) is 1.45. The summed E-state index contributed by atoms with van der Waals surface area (Å²) in [5.41, 5.74) is -0.323. The maximum absolute atomic E-state index is 12.7. The second-order valence-corrected chi connectivity index (χ2v) is 6.09. The fourth-order valence-corrected chi connectivity index (χ4v) is 3.84. The molecule has 1 saturated carbocycles. The molecule has 100 valence electrons. The molecule has 1 spiro atoms. The summed E-state index contributed by atoms with van der Waals surface area (Å²) in [6.45, 7) is 1.71. The minimum Gasteiger partial charge on any atom is -0.315 e. The number of carbonyl (C=O) groups is 2. The number of amides is 2. The van der Waals surface area contributed by atoms with Crippen LogP contribution in [0.15, 0.2) is 0 Å². The van der Waals surface area contributed by atoms with Gasteiger partial charge < -0.3 is 5.32 Å². The van der Waals surface area contributed by atoms with E-state index in [0.29, 0.717) is 6.42 Å². The van der Waals surface area contributed by atoms with Gasteiger partial charge in [-0.15, -0.1) is 0 Å². The van der Waals surface area contributed by atoms with E-state index in [1.54, 1.807) is 4.90 Å². The zero-order chi connectivity index (χ0) is 12.6. The van der Waals surface area contributed by atoms with Crippen molar-refractivity contribution in [3.05, 3.63) is 0 Å². The standard InChI is InChI=1S/C14H22N2O2/c17-12-9-14(6-3-1-2-4-7-14)13(18)16(12)11-5-8-15-10-11/h11,15H,1-10H2. The van der Waals surface area contributed by atoms with Crippen molar-refractivity contribution in [1.29, 1.82) is 0 Å². The third kappa shape index (κ3) is 1.87. The normalized spacial score (nSPS) is 32.2. The Morgan fingerprint density at radius 2 is 1.83 bits per heavy atom. The van der Waals surface area contributed by atoms with Gasteiger partial charge in [0.1, 0.15) is 0 Å². The molecule has 2 heterocycles. The fraction of sp³-hybridized carbons (Fsp3) is 0.857. The second-order valence-electron chi connectivity index (χ2n) is 6.09. The topological polar surface area (TPSA) is 49.4 Å². The first-order chi connectivity index (χ1) is 8.73. The second kappa shape index (κ2) is 4.65. The summed E-state index contributed by atoms with van der Waals surface area (Å²) in [7, 11) is 0. The smallest absolute Gasteiger partial charge is 0.236 e. The van der Waals surface area contributed by atoms with Crippen molar-refractivity contribution in [2.75, 3.05) is 13.1 Å². The van der Waals surface area contributed by atoms with Gasteiger partial charge in [0.2, 0.25) is 11.8 Å². The van der Waals surface area contributed by atoms with E-state index in [2.05, 4.69) is 5.32 Å². The van der Waals surface area contributed by atoms with Crippen LogP contribution in [0.3, 0.4) is 0 Å². The molecule has 4 nitrogen and oxygen atoms in total. The number of rotatable bonds is 1. The molecular weight excluding hydrogens is 228 g/mol. The highest BCUT2D eigenvalue weighted by Crippen LogP contribution is 2.45. The van der Waals surface area contributed by atoms with Crippen molar-refractivity contribution < 1.29 is 9.59 Å². The van der Waals surface area contributed by atoms with Gasteiger partial charge in [-0.25, -0.2) is 0 Å². The van der Waals surface area contributed by atoms with Crippen molar-refractivity contribution in [3.63, 3.8) is 0 Å².